The molecule has 0 radical (unpaired) electrons. The Balaban J connectivity index is 1.61. The molecule has 21 heavy (non-hydrogen) atoms. The number of rotatable bonds is 5. The van der Waals surface area contributed by atoms with Gasteiger partial charge in [-0.15, -0.1) is 11.3 Å². The number of nitrogens with one attached hydrogen (secondary N) is 1. The van der Waals surface area contributed by atoms with Gasteiger partial charge in [-0.2, -0.15) is 0 Å². The van der Waals surface area contributed by atoms with Crippen LogP contribution in [-0.2, 0) is 16.6 Å². The number of hydrogen-bond acceptors (Lipinski definition) is 3. The summed E-state index contributed by atoms with van der Waals surface area (Å²) in [5, 5.41) is 6.25. The van der Waals surface area contributed by atoms with Crippen LogP contribution in [0.25, 0.3) is 0 Å². The first-order valence-corrected chi connectivity index (χ1v) is 8.33. The molecule has 0 aliphatic heterocycles. The van der Waals surface area contributed by atoms with Gasteiger partial charge >= 0.3 is 0 Å². The van der Waals surface area contributed by atoms with Gasteiger partial charge in [0.2, 0.25) is 5.91 Å². The third kappa shape index (κ3) is 2.86. The molecule has 1 heterocycles. The minimum atomic E-state index is -0.292. The van der Waals surface area contributed by atoms with Gasteiger partial charge in [0.25, 0.3) is 0 Å². The van der Waals surface area contributed by atoms with Crippen LogP contribution < -0.4 is 5.32 Å². The van der Waals surface area contributed by atoms with Gasteiger partial charge in [0, 0.05) is 24.0 Å². The fraction of sp³-hybridized carbons (Fsp3) is 0.412. The Labute approximate surface area is 129 Å². The molecule has 1 amide bonds. The molecule has 1 aliphatic rings. The molecule has 0 unspecified atom stereocenters. The Morgan fingerprint density at radius 3 is 2.67 bits per heavy atom. The highest BCUT2D eigenvalue weighted by molar-refractivity contribution is 7.09. The predicted molar refractivity (Wildman–Crippen MR) is 85.5 cm³/mol. The largest absolute Gasteiger partial charge is 0.355 e. The molecule has 0 saturated heterocycles. The molecule has 1 saturated carbocycles. The second kappa shape index (κ2) is 5.98. The van der Waals surface area contributed by atoms with Crippen LogP contribution in [0.4, 0.5) is 0 Å². The van der Waals surface area contributed by atoms with E-state index in [1.807, 2.05) is 25.1 Å². The zero-order valence-electron chi connectivity index (χ0n) is 12.3. The molecule has 1 aromatic heterocycles. The first-order valence-electron chi connectivity index (χ1n) is 7.45. The number of nitrogens with zero attached hydrogens (tertiary/aromatic N) is 1. The molecule has 1 aromatic carbocycles. The normalized spacial score (nSPS) is 16.2. The van der Waals surface area contributed by atoms with Crippen LogP contribution in [0.5, 0.6) is 0 Å². The molecule has 1 aliphatic carbocycles. The Hall–Kier alpha value is -1.68. The molecule has 3 rings (SSSR count). The van der Waals surface area contributed by atoms with Crippen molar-refractivity contribution in [2.45, 2.75) is 38.0 Å². The molecule has 3 nitrogen and oxygen atoms in total. The second-order valence-corrected chi connectivity index (χ2v) is 6.63. The van der Waals surface area contributed by atoms with E-state index in [0.717, 1.165) is 41.9 Å². The summed E-state index contributed by atoms with van der Waals surface area (Å²) in [6.45, 7) is 2.66. The topological polar surface area (TPSA) is 42.0 Å². The molecule has 1 fully saturated rings. The lowest BCUT2D eigenvalue weighted by molar-refractivity contribution is -0.129. The lowest BCUT2D eigenvalue weighted by Gasteiger charge is -2.40. The van der Waals surface area contributed by atoms with E-state index in [-0.39, 0.29) is 11.3 Å². The van der Waals surface area contributed by atoms with E-state index in [1.165, 1.54) is 0 Å². The molecule has 0 spiro atoms. The number of hydrogen-bond donors (Lipinski definition) is 1. The van der Waals surface area contributed by atoms with Crippen molar-refractivity contribution in [3.05, 3.63) is 52.0 Å². The maximum atomic E-state index is 12.6. The third-order valence-corrected chi connectivity index (χ3v) is 5.29. The van der Waals surface area contributed by atoms with Crippen LogP contribution in [0.3, 0.4) is 0 Å². The van der Waals surface area contributed by atoms with E-state index in [0.29, 0.717) is 6.54 Å². The van der Waals surface area contributed by atoms with Crippen LogP contribution in [0.1, 0.15) is 35.5 Å². The van der Waals surface area contributed by atoms with Crippen molar-refractivity contribution in [2.75, 3.05) is 6.54 Å². The van der Waals surface area contributed by atoms with E-state index in [1.54, 1.807) is 11.3 Å². The van der Waals surface area contributed by atoms with Crippen molar-refractivity contribution >= 4 is 17.2 Å². The zero-order valence-corrected chi connectivity index (χ0v) is 13.1. The number of amides is 1. The van der Waals surface area contributed by atoms with Crippen LogP contribution in [0.15, 0.2) is 35.7 Å². The average molecular weight is 300 g/mol. The summed E-state index contributed by atoms with van der Waals surface area (Å²) in [4.78, 5) is 17.0. The standard InChI is InChI=1S/C17H20N2OS/c1-13-12-21-15(19-13)8-11-18-16(20)17(9-5-10-17)14-6-3-2-4-7-14/h2-4,6-7,12H,5,8-11H2,1H3,(H,18,20). The SMILES string of the molecule is Cc1csc(CCNC(=O)C2(c3ccccc3)CCC2)n1. The van der Waals surface area contributed by atoms with Gasteiger partial charge in [-0.25, -0.2) is 4.98 Å². The van der Waals surface area contributed by atoms with E-state index in [4.69, 9.17) is 0 Å². The summed E-state index contributed by atoms with van der Waals surface area (Å²) in [6.07, 6.45) is 3.86. The lowest BCUT2D eigenvalue weighted by atomic mass is 9.64. The third-order valence-electron chi connectivity index (χ3n) is 4.26. The maximum absolute atomic E-state index is 12.6. The Morgan fingerprint density at radius 1 is 1.33 bits per heavy atom. The van der Waals surface area contributed by atoms with Gasteiger partial charge in [0.05, 0.1) is 10.4 Å². The average Bonchev–Trinajstić information content (AvgIpc) is 2.84. The Kier molecular flexibility index (Phi) is 4.06. The molecule has 2 aromatic rings. The number of carbonyl (C=O) groups excluding carboxylic acids is 1. The van der Waals surface area contributed by atoms with Crippen LogP contribution >= 0.6 is 11.3 Å². The maximum Gasteiger partial charge on any atom is 0.230 e. The highest BCUT2D eigenvalue weighted by Crippen LogP contribution is 2.43. The van der Waals surface area contributed by atoms with E-state index in [2.05, 4.69) is 27.8 Å². The number of benzene rings is 1. The molecule has 1 N–H and O–H groups in total. The first kappa shape index (κ1) is 14.3. The van der Waals surface area contributed by atoms with Crippen molar-refractivity contribution in [2.24, 2.45) is 0 Å². The van der Waals surface area contributed by atoms with Gasteiger partial charge in [-0.3, -0.25) is 4.79 Å². The van der Waals surface area contributed by atoms with E-state index in [9.17, 15) is 4.79 Å². The van der Waals surface area contributed by atoms with Crippen LogP contribution in [0, 0.1) is 6.92 Å². The molecular weight excluding hydrogens is 280 g/mol. The fourth-order valence-electron chi connectivity index (χ4n) is 2.90. The van der Waals surface area contributed by atoms with Crippen molar-refractivity contribution in [3.63, 3.8) is 0 Å². The lowest BCUT2D eigenvalue weighted by Crippen LogP contribution is -2.49. The van der Waals surface area contributed by atoms with Gasteiger partial charge in [0.1, 0.15) is 0 Å². The van der Waals surface area contributed by atoms with Crippen molar-refractivity contribution in [1.82, 2.24) is 10.3 Å². The summed E-state index contributed by atoms with van der Waals surface area (Å²) >= 11 is 1.66. The quantitative estimate of drug-likeness (QED) is 0.921. The van der Waals surface area contributed by atoms with Crippen molar-refractivity contribution in [3.8, 4) is 0 Å². The second-order valence-electron chi connectivity index (χ2n) is 5.69. The summed E-state index contributed by atoms with van der Waals surface area (Å²) in [5.41, 5.74) is 1.92. The Morgan fingerprint density at radius 2 is 2.10 bits per heavy atom. The summed E-state index contributed by atoms with van der Waals surface area (Å²) < 4.78 is 0. The van der Waals surface area contributed by atoms with E-state index >= 15 is 0 Å². The van der Waals surface area contributed by atoms with Crippen molar-refractivity contribution < 1.29 is 4.79 Å². The molecule has 4 heteroatoms. The van der Waals surface area contributed by atoms with Gasteiger partial charge < -0.3 is 5.32 Å². The smallest absolute Gasteiger partial charge is 0.230 e. The fourth-order valence-corrected chi connectivity index (χ4v) is 3.68. The predicted octanol–water partition coefficient (Wildman–Crippen LogP) is 3.23. The highest BCUT2D eigenvalue weighted by Gasteiger charge is 2.45. The minimum absolute atomic E-state index is 0.174. The summed E-state index contributed by atoms with van der Waals surface area (Å²) in [5.74, 6) is 0.174. The van der Waals surface area contributed by atoms with Crippen molar-refractivity contribution in [1.29, 1.82) is 0 Å². The number of thiazole rings is 1. The zero-order chi connectivity index (χ0) is 14.7. The Bertz CT molecular complexity index is 617. The molecule has 110 valence electrons. The van der Waals surface area contributed by atoms with Gasteiger partial charge in [-0.1, -0.05) is 36.8 Å². The summed E-state index contributed by atoms with van der Waals surface area (Å²) in [7, 11) is 0. The van der Waals surface area contributed by atoms with Crippen LogP contribution in [-0.4, -0.2) is 17.4 Å². The number of aryl methyl sites for hydroxylation is 1. The molecule has 0 bridgehead atoms. The molecule has 0 atom stereocenters. The number of aromatic nitrogens is 1. The first-order chi connectivity index (χ1) is 10.2. The minimum Gasteiger partial charge on any atom is -0.355 e. The van der Waals surface area contributed by atoms with E-state index < -0.39 is 0 Å². The van der Waals surface area contributed by atoms with Gasteiger partial charge in [0.15, 0.2) is 0 Å². The monoisotopic (exact) mass is 300 g/mol. The van der Waals surface area contributed by atoms with Gasteiger partial charge in [-0.05, 0) is 25.3 Å². The number of carbonyl (C=O) groups is 1. The highest BCUT2D eigenvalue weighted by atomic mass is 32.1. The van der Waals surface area contributed by atoms with Crippen LogP contribution in [0.2, 0.25) is 0 Å². The molecular formula is C17H20N2OS. The summed E-state index contributed by atoms with van der Waals surface area (Å²) in [6, 6.07) is 10.2.